The van der Waals surface area contributed by atoms with Gasteiger partial charge in [0, 0.05) is 12.1 Å². The maximum Gasteiger partial charge on any atom is 0.00723 e. The van der Waals surface area contributed by atoms with Gasteiger partial charge in [0.05, 0.1) is 0 Å². The largest absolute Gasteiger partial charge is 0.313 e. The van der Waals surface area contributed by atoms with Gasteiger partial charge in [0.2, 0.25) is 0 Å². The van der Waals surface area contributed by atoms with E-state index in [0.717, 1.165) is 5.92 Å². The average Bonchev–Trinajstić information content (AvgIpc) is 2.50. The molecule has 1 aliphatic carbocycles. The van der Waals surface area contributed by atoms with E-state index in [1.165, 1.54) is 19.3 Å². The van der Waals surface area contributed by atoms with Crippen LogP contribution >= 0.6 is 0 Å². The highest BCUT2D eigenvalue weighted by Gasteiger charge is 2.27. The monoisotopic (exact) mass is 182 g/mol. The van der Waals surface area contributed by atoms with Crippen LogP contribution in [-0.4, -0.2) is 18.3 Å². The van der Waals surface area contributed by atoms with Crippen LogP contribution in [0, 0.1) is 17.2 Å². The second-order valence-corrected chi connectivity index (χ2v) is 4.62. The third kappa shape index (κ3) is 3.11. The van der Waals surface area contributed by atoms with E-state index in [1.807, 2.05) is 0 Å². The summed E-state index contributed by atoms with van der Waals surface area (Å²) in [5, 5.41) is 10.8. The van der Waals surface area contributed by atoms with Crippen molar-refractivity contribution in [2.75, 3.05) is 0 Å². The molecule has 0 heterocycles. The molecule has 0 bridgehead atoms. The molecule has 2 nitrogen and oxygen atoms in total. The Morgan fingerprint density at radius 2 is 2.00 bits per heavy atom. The molecule has 0 spiro atoms. The van der Waals surface area contributed by atoms with Crippen molar-refractivity contribution in [1.82, 2.24) is 5.32 Å². The van der Waals surface area contributed by atoms with E-state index in [2.05, 4.69) is 26.1 Å². The van der Waals surface area contributed by atoms with E-state index in [4.69, 9.17) is 5.41 Å². The minimum atomic E-state index is 0.471. The molecule has 0 aliphatic heterocycles. The summed E-state index contributed by atoms with van der Waals surface area (Å²) < 4.78 is 0. The topological polar surface area (TPSA) is 35.9 Å². The molecule has 0 aromatic carbocycles. The van der Waals surface area contributed by atoms with Crippen molar-refractivity contribution >= 4 is 6.21 Å². The maximum atomic E-state index is 7.24. The molecule has 76 valence electrons. The Morgan fingerprint density at radius 1 is 1.31 bits per heavy atom. The summed E-state index contributed by atoms with van der Waals surface area (Å²) in [5.74, 6) is 1.22. The van der Waals surface area contributed by atoms with E-state index in [0.29, 0.717) is 18.0 Å². The summed E-state index contributed by atoms with van der Waals surface area (Å²) in [5.41, 5.74) is 0. The van der Waals surface area contributed by atoms with Crippen molar-refractivity contribution in [3.63, 3.8) is 0 Å². The molecule has 1 rings (SSSR count). The zero-order valence-corrected chi connectivity index (χ0v) is 9.01. The number of hydrogen-bond acceptors (Lipinski definition) is 2. The molecule has 3 atom stereocenters. The van der Waals surface area contributed by atoms with Gasteiger partial charge in [-0.2, -0.15) is 0 Å². The van der Waals surface area contributed by atoms with Crippen LogP contribution < -0.4 is 5.32 Å². The molecule has 2 N–H and O–H groups in total. The first kappa shape index (κ1) is 10.7. The van der Waals surface area contributed by atoms with Crippen molar-refractivity contribution in [2.24, 2.45) is 11.8 Å². The van der Waals surface area contributed by atoms with Gasteiger partial charge in [0.15, 0.2) is 0 Å². The Morgan fingerprint density at radius 3 is 2.54 bits per heavy atom. The van der Waals surface area contributed by atoms with E-state index in [-0.39, 0.29) is 0 Å². The van der Waals surface area contributed by atoms with Crippen LogP contribution in [0.25, 0.3) is 0 Å². The minimum absolute atomic E-state index is 0.471. The summed E-state index contributed by atoms with van der Waals surface area (Å²) in [6, 6.07) is 1.30. The molecular weight excluding hydrogens is 160 g/mol. The third-order valence-corrected chi connectivity index (χ3v) is 3.05. The average molecular weight is 182 g/mol. The summed E-state index contributed by atoms with van der Waals surface area (Å²) >= 11 is 0. The van der Waals surface area contributed by atoms with Gasteiger partial charge in [-0.05, 0) is 37.3 Å². The Hall–Kier alpha value is -0.370. The van der Waals surface area contributed by atoms with Crippen LogP contribution in [0.15, 0.2) is 0 Å². The van der Waals surface area contributed by atoms with Gasteiger partial charge in [-0.25, -0.2) is 0 Å². The Balaban J connectivity index is 2.31. The molecule has 0 radical (unpaired) electrons. The molecule has 2 heteroatoms. The van der Waals surface area contributed by atoms with Gasteiger partial charge in [-0.15, -0.1) is 0 Å². The molecule has 1 fully saturated rings. The molecule has 0 saturated heterocycles. The van der Waals surface area contributed by atoms with Gasteiger partial charge >= 0.3 is 0 Å². The van der Waals surface area contributed by atoms with Crippen molar-refractivity contribution in [3.8, 4) is 0 Å². The van der Waals surface area contributed by atoms with Gasteiger partial charge in [-0.3, -0.25) is 0 Å². The smallest absolute Gasteiger partial charge is 0.00723 e. The number of nitrogens with one attached hydrogen (secondary N) is 2. The fraction of sp³-hybridized carbons (Fsp3) is 0.909. The molecule has 0 aromatic rings. The first-order valence-electron chi connectivity index (χ1n) is 5.40. The lowest BCUT2D eigenvalue weighted by Crippen LogP contribution is -2.33. The second kappa shape index (κ2) is 4.75. The fourth-order valence-corrected chi connectivity index (χ4v) is 2.25. The SMILES string of the molecule is CC(C)NC1CCC(C(C)C=N)C1. The Labute approximate surface area is 81.6 Å². The van der Waals surface area contributed by atoms with Gasteiger partial charge < -0.3 is 10.7 Å². The standard InChI is InChI=1S/C11H22N2/c1-8(2)13-11-5-4-10(6-11)9(3)7-12/h7-13H,4-6H2,1-3H3. The predicted molar refractivity (Wildman–Crippen MR) is 57.3 cm³/mol. The summed E-state index contributed by atoms with van der Waals surface area (Å²) in [6.07, 6.45) is 5.44. The van der Waals surface area contributed by atoms with Crippen molar-refractivity contribution in [1.29, 1.82) is 5.41 Å². The summed E-state index contributed by atoms with van der Waals surface area (Å²) in [7, 11) is 0. The molecule has 0 amide bonds. The Kier molecular flexibility index (Phi) is 3.91. The molecule has 1 aliphatic rings. The lowest BCUT2D eigenvalue weighted by molar-refractivity contribution is 0.419. The van der Waals surface area contributed by atoms with Gasteiger partial charge in [-0.1, -0.05) is 20.8 Å². The summed E-state index contributed by atoms with van der Waals surface area (Å²) in [4.78, 5) is 0. The number of rotatable bonds is 4. The van der Waals surface area contributed by atoms with Crippen LogP contribution in [0.1, 0.15) is 40.0 Å². The molecule has 3 unspecified atom stereocenters. The van der Waals surface area contributed by atoms with Crippen LogP contribution in [-0.2, 0) is 0 Å². The third-order valence-electron chi connectivity index (χ3n) is 3.05. The lowest BCUT2D eigenvalue weighted by atomic mass is 9.93. The van der Waals surface area contributed by atoms with Crippen molar-refractivity contribution in [3.05, 3.63) is 0 Å². The minimum Gasteiger partial charge on any atom is -0.313 e. The fourth-order valence-electron chi connectivity index (χ4n) is 2.25. The van der Waals surface area contributed by atoms with E-state index >= 15 is 0 Å². The van der Waals surface area contributed by atoms with Crippen molar-refractivity contribution in [2.45, 2.75) is 52.1 Å². The maximum absolute atomic E-state index is 7.24. The van der Waals surface area contributed by atoms with Crippen LogP contribution in [0.4, 0.5) is 0 Å². The normalized spacial score (nSPS) is 30.8. The van der Waals surface area contributed by atoms with Gasteiger partial charge in [0.1, 0.15) is 0 Å². The highest BCUT2D eigenvalue weighted by Crippen LogP contribution is 2.30. The summed E-state index contributed by atoms with van der Waals surface area (Å²) in [6.45, 7) is 6.57. The van der Waals surface area contributed by atoms with Crippen LogP contribution in [0.2, 0.25) is 0 Å². The number of hydrogen-bond donors (Lipinski definition) is 2. The predicted octanol–water partition coefficient (Wildman–Crippen LogP) is 2.44. The molecule has 13 heavy (non-hydrogen) atoms. The lowest BCUT2D eigenvalue weighted by Gasteiger charge is -2.17. The Bertz CT molecular complexity index is 165. The highest BCUT2D eigenvalue weighted by molar-refractivity contribution is 5.56. The quantitative estimate of drug-likeness (QED) is 0.644. The molecular formula is C11H22N2. The van der Waals surface area contributed by atoms with Crippen LogP contribution in [0.5, 0.6) is 0 Å². The second-order valence-electron chi connectivity index (χ2n) is 4.62. The molecule has 0 aromatic heterocycles. The van der Waals surface area contributed by atoms with E-state index in [9.17, 15) is 0 Å². The first-order valence-corrected chi connectivity index (χ1v) is 5.40. The van der Waals surface area contributed by atoms with Crippen molar-refractivity contribution < 1.29 is 0 Å². The zero-order chi connectivity index (χ0) is 9.84. The van der Waals surface area contributed by atoms with Crippen LogP contribution in [0.3, 0.4) is 0 Å². The molecule has 1 saturated carbocycles. The van der Waals surface area contributed by atoms with E-state index in [1.54, 1.807) is 6.21 Å². The van der Waals surface area contributed by atoms with Gasteiger partial charge in [0.25, 0.3) is 0 Å². The zero-order valence-electron chi connectivity index (χ0n) is 9.01. The first-order chi connectivity index (χ1) is 6.13. The van der Waals surface area contributed by atoms with E-state index < -0.39 is 0 Å². The highest BCUT2D eigenvalue weighted by atomic mass is 14.9.